The number of piperazine rings is 1. The maximum atomic E-state index is 13.9. The Hall–Kier alpha value is -2.09. The molecule has 2 heterocycles. The lowest BCUT2D eigenvalue weighted by atomic mass is 9.99. The lowest BCUT2D eigenvalue weighted by Crippen LogP contribution is -2.49. The van der Waals surface area contributed by atoms with Crippen LogP contribution in [0.3, 0.4) is 0 Å². The van der Waals surface area contributed by atoms with Crippen LogP contribution in [0.4, 0.5) is 0 Å². The second-order valence-corrected chi connectivity index (χ2v) is 13.3. The van der Waals surface area contributed by atoms with Crippen LogP contribution in [0.25, 0.3) is 11.4 Å². The highest BCUT2D eigenvalue weighted by Gasteiger charge is 2.45. The van der Waals surface area contributed by atoms with Crippen molar-refractivity contribution in [3.05, 3.63) is 29.8 Å². The van der Waals surface area contributed by atoms with Crippen LogP contribution in [-0.2, 0) is 9.09 Å². The minimum atomic E-state index is -3.07. The van der Waals surface area contributed by atoms with Gasteiger partial charge in [0, 0.05) is 37.3 Å². The van der Waals surface area contributed by atoms with Crippen LogP contribution in [-0.4, -0.2) is 74.0 Å². The van der Waals surface area contributed by atoms with Gasteiger partial charge < -0.3 is 9.42 Å². The van der Waals surface area contributed by atoms with Crippen molar-refractivity contribution in [2.24, 2.45) is 5.41 Å². The number of benzene rings is 1. The predicted molar refractivity (Wildman–Crippen MR) is 120 cm³/mol. The van der Waals surface area contributed by atoms with Gasteiger partial charge in [0.2, 0.25) is 0 Å². The number of rotatable bonds is 5. The summed E-state index contributed by atoms with van der Waals surface area (Å²) in [7, 11) is -3.07. The van der Waals surface area contributed by atoms with E-state index in [0.29, 0.717) is 44.2 Å². The maximum Gasteiger partial charge on any atom is 0.277 e. The van der Waals surface area contributed by atoms with Crippen LogP contribution in [0.1, 0.15) is 51.9 Å². The molecule has 1 N–H and O–H groups in total. The third-order valence-electron chi connectivity index (χ3n) is 5.19. The molecule has 1 atom stereocenters. The number of aromatic nitrogens is 4. The van der Waals surface area contributed by atoms with E-state index >= 15 is 0 Å². The Morgan fingerprint density at radius 2 is 1.68 bits per heavy atom. The van der Waals surface area contributed by atoms with E-state index in [9.17, 15) is 9.36 Å². The van der Waals surface area contributed by atoms with Crippen molar-refractivity contribution in [2.75, 3.05) is 32.8 Å². The van der Waals surface area contributed by atoms with Gasteiger partial charge in [-0.2, -0.15) is 0 Å². The first-order valence-corrected chi connectivity index (χ1v) is 12.1. The summed E-state index contributed by atoms with van der Waals surface area (Å²) in [5, 5.41) is 13.2. The van der Waals surface area contributed by atoms with Gasteiger partial charge in [0.1, 0.15) is 0 Å². The summed E-state index contributed by atoms with van der Waals surface area (Å²) < 4.78 is 21.9. The van der Waals surface area contributed by atoms with E-state index in [-0.39, 0.29) is 11.3 Å². The van der Waals surface area contributed by atoms with Gasteiger partial charge in [-0.3, -0.25) is 9.36 Å². The Morgan fingerprint density at radius 3 is 2.16 bits per heavy atom. The van der Waals surface area contributed by atoms with Gasteiger partial charge >= 0.3 is 0 Å². The second-order valence-electron chi connectivity index (χ2n) is 10.1. The summed E-state index contributed by atoms with van der Waals surface area (Å²) in [6.07, 6.45) is 0. The second kappa shape index (κ2) is 8.81. The number of nitrogens with zero attached hydrogens (tertiary/aromatic N) is 5. The molecular formula is C21H33N6O3P. The van der Waals surface area contributed by atoms with Crippen molar-refractivity contribution in [3.63, 3.8) is 0 Å². The highest BCUT2D eigenvalue weighted by Crippen LogP contribution is 2.62. The summed E-state index contributed by atoms with van der Waals surface area (Å²) in [5.41, 5.74) is 1.34. The zero-order valence-electron chi connectivity index (χ0n) is 19.3. The van der Waals surface area contributed by atoms with Crippen molar-refractivity contribution in [1.29, 1.82) is 0 Å². The zero-order valence-corrected chi connectivity index (χ0v) is 20.1. The molecule has 2 aromatic rings. The van der Waals surface area contributed by atoms with Crippen LogP contribution in [0.15, 0.2) is 24.3 Å². The lowest BCUT2D eigenvalue weighted by Gasteiger charge is -2.44. The fourth-order valence-corrected chi connectivity index (χ4v) is 6.04. The van der Waals surface area contributed by atoms with E-state index in [1.807, 2.05) is 37.6 Å². The van der Waals surface area contributed by atoms with Crippen LogP contribution in [0, 0.1) is 5.41 Å². The minimum absolute atomic E-state index is 0.0388. The molecule has 1 saturated heterocycles. The standard InChI is InChI=1S/C21H33N6O3P/c1-20(2,3)15-30-31(29,21(4,5)6)27-13-11-26(12-14-27)19(28)17-9-7-16(8-10-17)18-22-24-25-23-18/h7-10H,11-15H2,1-6H3,(H,22,23,24,25). The molecule has 3 rings (SSSR count). The summed E-state index contributed by atoms with van der Waals surface area (Å²) in [6, 6.07) is 7.19. The molecule has 1 aromatic heterocycles. The first kappa shape index (κ1) is 23.6. The average Bonchev–Trinajstić information content (AvgIpc) is 3.25. The molecule has 0 spiro atoms. The molecule has 1 amide bonds. The largest absolute Gasteiger partial charge is 0.336 e. The molecule has 9 nitrogen and oxygen atoms in total. The predicted octanol–water partition coefficient (Wildman–Crippen LogP) is 3.68. The topological polar surface area (TPSA) is 104 Å². The number of hydrogen-bond acceptors (Lipinski definition) is 6. The normalized spacial score (nSPS) is 18.1. The maximum absolute atomic E-state index is 13.9. The van der Waals surface area contributed by atoms with Gasteiger partial charge in [-0.25, -0.2) is 9.77 Å². The molecule has 1 aliphatic rings. The van der Waals surface area contributed by atoms with Crippen LogP contribution < -0.4 is 0 Å². The molecule has 0 aliphatic carbocycles. The van der Waals surface area contributed by atoms with Crippen LogP contribution >= 0.6 is 7.52 Å². The highest BCUT2D eigenvalue weighted by molar-refractivity contribution is 7.58. The molecule has 10 heteroatoms. The van der Waals surface area contributed by atoms with E-state index in [1.165, 1.54) is 0 Å². The van der Waals surface area contributed by atoms with E-state index < -0.39 is 12.7 Å². The van der Waals surface area contributed by atoms with Gasteiger partial charge in [0.05, 0.1) is 11.8 Å². The lowest BCUT2D eigenvalue weighted by molar-refractivity contribution is 0.0676. The molecule has 170 valence electrons. The van der Waals surface area contributed by atoms with E-state index in [0.717, 1.165) is 5.56 Å². The van der Waals surface area contributed by atoms with Gasteiger partial charge in [-0.05, 0) is 48.7 Å². The molecule has 1 aliphatic heterocycles. The number of amides is 1. The third kappa shape index (κ3) is 5.40. The number of H-pyrrole nitrogens is 1. The Kier molecular flexibility index (Phi) is 6.69. The smallest absolute Gasteiger partial charge is 0.277 e. The molecular weight excluding hydrogens is 415 g/mol. The molecule has 1 fully saturated rings. The molecule has 1 aromatic carbocycles. The van der Waals surface area contributed by atoms with Gasteiger partial charge in [0.25, 0.3) is 13.4 Å². The van der Waals surface area contributed by atoms with Gasteiger partial charge in [-0.1, -0.05) is 32.9 Å². The minimum Gasteiger partial charge on any atom is -0.336 e. The Balaban J connectivity index is 1.66. The number of aromatic amines is 1. The fraction of sp³-hybridized carbons (Fsp3) is 0.619. The Bertz CT molecular complexity index is 924. The number of tetrazole rings is 1. The highest BCUT2D eigenvalue weighted by atomic mass is 31.2. The van der Waals surface area contributed by atoms with Crippen molar-refractivity contribution < 1.29 is 13.9 Å². The SMILES string of the molecule is CC(C)(C)COP(=O)(N1CCN(C(=O)c2ccc(-c3nnn[nH]3)cc2)CC1)C(C)(C)C. The first-order chi connectivity index (χ1) is 14.4. The zero-order chi connectivity index (χ0) is 22.9. The van der Waals surface area contributed by atoms with E-state index in [1.54, 1.807) is 17.0 Å². The summed E-state index contributed by atoms with van der Waals surface area (Å²) in [6.45, 7) is 14.6. The van der Waals surface area contributed by atoms with Crippen molar-refractivity contribution >= 4 is 13.4 Å². The molecule has 0 bridgehead atoms. The monoisotopic (exact) mass is 448 g/mol. The fourth-order valence-electron chi connectivity index (χ4n) is 3.38. The quantitative estimate of drug-likeness (QED) is 0.696. The van der Waals surface area contributed by atoms with Gasteiger partial charge in [0.15, 0.2) is 5.82 Å². The molecule has 1 unspecified atom stereocenters. The number of hydrogen-bond donors (Lipinski definition) is 1. The number of nitrogens with one attached hydrogen (secondary N) is 1. The first-order valence-electron chi connectivity index (χ1n) is 10.5. The van der Waals surface area contributed by atoms with E-state index in [2.05, 4.69) is 41.4 Å². The van der Waals surface area contributed by atoms with Gasteiger partial charge in [-0.15, -0.1) is 5.10 Å². The van der Waals surface area contributed by atoms with E-state index in [4.69, 9.17) is 4.52 Å². The number of carbonyl (C=O) groups is 1. The third-order valence-corrected chi connectivity index (χ3v) is 8.51. The average molecular weight is 449 g/mol. The van der Waals surface area contributed by atoms with Crippen molar-refractivity contribution in [1.82, 2.24) is 30.2 Å². The summed E-state index contributed by atoms with van der Waals surface area (Å²) >= 11 is 0. The number of carbonyl (C=O) groups excluding carboxylic acids is 1. The van der Waals surface area contributed by atoms with Crippen LogP contribution in [0.5, 0.6) is 0 Å². The Labute approximate surface area is 184 Å². The summed E-state index contributed by atoms with van der Waals surface area (Å²) in [4.78, 5) is 14.8. The Morgan fingerprint density at radius 1 is 1.06 bits per heavy atom. The molecule has 0 saturated carbocycles. The molecule has 0 radical (unpaired) electrons. The summed E-state index contributed by atoms with van der Waals surface area (Å²) in [5.74, 6) is 0.517. The molecule has 31 heavy (non-hydrogen) atoms. The van der Waals surface area contributed by atoms with Crippen molar-refractivity contribution in [2.45, 2.75) is 46.7 Å². The van der Waals surface area contributed by atoms with Crippen LogP contribution in [0.2, 0.25) is 0 Å². The van der Waals surface area contributed by atoms with Crippen molar-refractivity contribution in [3.8, 4) is 11.4 Å².